The maximum absolute atomic E-state index is 12.8. The Morgan fingerprint density at radius 1 is 1.14 bits per heavy atom. The molecule has 0 spiro atoms. The number of sulfonamides is 1. The number of likely N-dealkylation sites (tertiary alicyclic amines) is 1. The molecule has 3 rings (SSSR count). The first-order valence-electron chi connectivity index (χ1n) is 10.2. The van der Waals surface area contributed by atoms with Gasteiger partial charge in [-0.1, -0.05) is 6.92 Å². The fraction of sp³-hybridized carbons (Fsp3) is 0.650. The first kappa shape index (κ1) is 21.1. The molecule has 1 aromatic rings. The van der Waals surface area contributed by atoms with Gasteiger partial charge in [0.05, 0.1) is 38.2 Å². The zero-order valence-electron chi connectivity index (χ0n) is 16.9. The van der Waals surface area contributed by atoms with Crippen LogP contribution in [-0.4, -0.2) is 76.0 Å². The molecule has 156 valence electrons. The summed E-state index contributed by atoms with van der Waals surface area (Å²) < 4.78 is 32.3. The zero-order chi connectivity index (χ0) is 20.1. The quantitative estimate of drug-likeness (QED) is 0.736. The molecule has 2 aliphatic heterocycles. The number of quaternary nitrogens is 1. The molecule has 1 N–H and O–H groups in total. The van der Waals surface area contributed by atoms with E-state index in [4.69, 9.17) is 4.74 Å². The Balaban J connectivity index is 1.55. The molecule has 0 unspecified atom stereocenters. The van der Waals surface area contributed by atoms with Crippen LogP contribution in [0.15, 0.2) is 29.2 Å². The number of benzene rings is 1. The Labute approximate surface area is 168 Å². The van der Waals surface area contributed by atoms with Crippen molar-refractivity contribution in [3.05, 3.63) is 24.3 Å². The molecular formula is C20H32N3O4S+. The molecule has 0 saturated carbocycles. The van der Waals surface area contributed by atoms with Crippen LogP contribution in [0.3, 0.4) is 0 Å². The highest BCUT2D eigenvalue weighted by atomic mass is 32.2. The van der Waals surface area contributed by atoms with E-state index in [1.54, 1.807) is 31.4 Å². The lowest BCUT2D eigenvalue weighted by Crippen LogP contribution is -3.15. The van der Waals surface area contributed by atoms with Gasteiger partial charge < -0.3 is 14.5 Å². The number of hydrogen-bond donors (Lipinski definition) is 1. The van der Waals surface area contributed by atoms with Crippen molar-refractivity contribution in [2.45, 2.75) is 43.5 Å². The molecule has 0 radical (unpaired) electrons. The molecular weight excluding hydrogens is 378 g/mol. The molecule has 2 aliphatic rings. The van der Waals surface area contributed by atoms with Gasteiger partial charge >= 0.3 is 0 Å². The van der Waals surface area contributed by atoms with Gasteiger partial charge in [0.15, 0.2) is 6.54 Å². The summed E-state index contributed by atoms with van der Waals surface area (Å²) in [5.41, 5.74) is 0. The molecule has 1 atom stereocenters. The number of nitrogens with one attached hydrogen (secondary N) is 1. The van der Waals surface area contributed by atoms with Crippen molar-refractivity contribution in [2.24, 2.45) is 0 Å². The van der Waals surface area contributed by atoms with Crippen LogP contribution in [-0.2, 0) is 14.8 Å². The third-order valence-electron chi connectivity index (χ3n) is 5.95. The number of piperidine rings is 1. The number of nitrogens with zero attached hydrogens (tertiary/aromatic N) is 2. The van der Waals surface area contributed by atoms with E-state index >= 15 is 0 Å². The summed E-state index contributed by atoms with van der Waals surface area (Å²) in [4.78, 5) is 16.3. The van der Waals surface area contributed by atoms with Crippen LogP contribution >= 0.6 is 0 Å². The van der Waals surface area contributed by atoms with E-state index in [1.807, 2.05) is 0 Å². The maximum atomic E-state index is 12.8. The summed E-state index contributed by atoms with van der Waals surface area (Å²) in [6.07, 6.45) is 4.41. The van der Waals surface area contributed by atoms with Crippen LogP contribution < -0.4 is 9.64 Å². The van der Waals surface area contributed by atoms with Gasteiger partial charge in [0, 0.05) is 12.6 Å². The minimum absolute atomic E-state index is 0.216. The Kier molecular flexibility index (Phi) is 6.95. The normalized spacial score (nSPS) is 22.2. The second-order valence-corrected chi connectivity index (χ2v) is 9.59. The molecule has 0 bridgehead atoms. The lowest BCUT2D eigenvalue weighted by Gasteiger charge is -2.37. The predicted molar refractivity (Wildman–Crippen MR) is 107 cm³/mol. The highest BCUT2D eigenvalue weighted by Crippen LogP contribution is 2.20. The van der Waals surface area contributed by atoms with Crippen molar-refractivity contribution < 1.29 is 22.8 Å². The van der Waals surface area contributed by atoms with Gasteiger partial charge in [0.2, 0.25) is 10.0 Å². The average molecular weight is 411 g/mol. The Hall–Kier alpha value is -1.64. The van der Waals surface area contributed by atoms with Crippen molar-refractivity contribution in [2.75, 3.05) is 46.4 Å². The molecule has 0 aromatic heterocycles. The van der Waals surface area contributed by atoms with E-state index in [1.165, 1.54) is 15.6 Å². The zero-order valence-corrected chi connectivity index (χ0v) is 17.7. The molecule has 1 aromatic carbocycles. The summed E-state index contributed by atoms with van der Waals surface area (Å²) in [7, 11) is -1.95. The van der Waals surface area contributed by atoms with Crippen LogP contribution in [0.2, 0.25) is 0 Å². The highest BCUT2D eigenvalue weighted by Gasteiger charge is 2.33. The summed E-state index contributed by atoms with van der Waals surface area (Å²) in [6, 6.07) is 6.86. The van der Waals surface area contributed by atoms with Gasteiger partial charge in [-0.25, -0.2) is 8.42 Å². The third kappa shape index (κ3) is 4.67. The van der Waals surface area contributed by atoms with E-state index in [-0.39, 0.29) is 10.8 Å². The second kappa shape index (κ2) is 9.24. The fourth-order valence-electron chi connectivity index (χ4n) is 4.19. The fourth-order valence-corrected chi connectivity index (χ4v) is 5.63. The number of piperazine rings is 1. The van der Waals surface area contributed by atoms with Crippen LogP contribution in [0.4, 0.5) is 0 Å². The van der Waals surface area contributed by atoms with Gasteiger partial charge in [-0.2, -0.15) is 4.31 Å². The van der Waals surface area contributed by atoms with Crippen molar-refractivity contribution in [3.8, 4) is 5.75 Å². The van der Waals surface area contributed by atoms with Gasteiger partial charge in [-0.05, 0) is 49.9 Å². The summed E-state index contributed by atoms with van der Waals surface area (Å²) in [5, 5.41) is 0. The number of ether oxygens (including phenoxy) is 1. The van der Waals surface area contributed by atoms with E-state index in [0.29, 0.717) is 44.5 Å². The van der Waals surface area contributed by atoms with Crippen LogP contribution in [0, 0.1) is 0 Å². The maximum Gasteiger partial charge on any atom is 0.278 e. The highest BCUT2D eigenvalue weighted by molar-refractivity contribution is 7.89. The van der Waals surface area contributed by atoms with E-state index < -0.39 is 10.0 Å². The number of hydrogen-bond acceptors (Lipinski definition) is 4. The van der Waals surface area contributed by atoms with Crippen molar-refractivity contribution in [3.63, 3.8) is 0 Å². The standard InChI is InChI=1S/C20H31N3O4S/c1-3-17-6-4-5-11-23(17)20(24)16-21-12-14-22(15-13-21)28(25,26)19-9-7-18(27-2)8-10-19/h7-10,17H,3-6,11-16H2,1-2H3/p+1/t17-/m0/s1. The molecule has 0 aliphatic carbocycles. The van der Waals surface area contributed by atoms with Gasteiger partial charge in [0.1, 0.15) is 5.75 Å². The number of amides is 1. The number of carbonyl (C=O) groups excluding carboxylic acids is 1. The molecule has 28 heavy (non-hydrogen) atoms. The lowest BCUT2D eigenvalue weighted by atomic mass is 10.00. The smallest absolute Gasteiger partial charge is 0.278 e. The second-order valence-electron chi connectivity index (χ2n) is 7.65. The Morgan fingerprint density at radius 3 is 2.43 bits per heavy atom. The van der Waals surface area contributed by atoms with Gasteiger partial charge in [-0.15, -0.1) is 0 Å². The largest absolute Gasteiger partial charge is 0.497 e. The van der Waals surface area contributed by atoms with Crippen LogP contribution in [0.25, 0.3) is 0 Å². The Morgan fingerprint density at radius 2 is 1.82 bits per heavy atom. The van der Waals surface area contributed by atoms with Crippen LogP contribution in [0.1, 0.15) is 32.6 Å². The minimum Gasteiger partial charge on any atom is -0.497 e. The number of carbonyl (C=O) groups is 1. The monoisotopic (exact) mass is 410 g/mol. The van der Waals surface area contributed by atoms with Gasteiger partial charge in [0.25, 0.3) is 5.91 Å². The van der Waals surface area contributed by atoms with Gasteiger partial charge in [-0.3, -0.25) is 4.79 Å². The molecule has 2 heterocycles. The van der Waals surface area contributed by atoms with E-state index in [0.717, 1.165) is 25.8 Å². The number of rotatable bonds is 6. The molecule has 8 heteroatoms. The molecule has 1 amide bonds. The van der Waals surface area contributed by atoms with Crippen molar-refractivity contribution in [1.29, 1.82) is 0 Å². The summed E-state index contributed by atoms with van der Waals surface area (Å²) >= 11 is 0. The van der Waals surface area contributed by atoms with Crippen molar-refractivity contribution in [1.82, 2.24) is 9.21 Å². The minimum atomic E-state index is -3.50. The molecule has 2 fully saturated rings. The first-order chi connectivity index (χ1) is 13.5. The topological polar surface area (TPSA) is 71.4 Å². The summed E-state index contributed by atoms with van der Waals surface area (Å²) in [5.74, 6) is 0.850. The average Bonchev–Trinajstić information content (AvgIpc) is 2.74. The molecule has 7 nitrogen and oxygen atoms in total. The molecule has 2 saturated heterocycles. The lowest BCUT2D eigenvalue weighted by molar-refractivity contribution is -0.896. The van der Waals surface area contributed by atoms with E-state index in [9.17, 15) is 13.2 Å². The number of methoxy groups -OCH3 is 1. The SMILES string of the molecule is CC[C@H]1CCCCN1C(=O)C[NH+]1CCN(S(=O)(=O)c2ccc(OC)cc2)CC1. The summed E-state index contributed by atoms with van der Waals surface area (Å²) in [6.45, 7) is 5.67. The van der Waals surface area contributed by atoms with Crippen molar-refractivity contribution >= 4 is 15.9 Å². The Bertz CT molecular complexity index is 758. The predicted octanol–water partition coefficient (Wildman–Crippen LogP) is 0.376. The first-order valence-corrected chi connectivity index (χ1v) is 11.7. The van der Waals surface area contributed by atoms with Crippen LogP contribution in [0.5, 0.6) is 5.75 Å². The van der Waals surface area contributed by atoms with E-state index in [2.05, 4.69) is 11.8 Å². The third-order valence-corrected chi connectivity index (χ3v) is 7.86.